The number of halogens is 2. The molecule has 1 heterocycles. The Labute approximate surface area is 210 Å². The van der Waals surface area contributed by atoms with Crippen LogP contribution in [0.15, 0.2) is 77.7 Å². The van der Waals surface area contributed by atoms with Gasteiger partial charge in [0.2, 0.25) is 5.91 Å². The quantitative estimate of drug-likeness (QED) is 0.378. The lowest BCUT2D eigenvalue weighted by molar-refractivity contribution is -0.127. The zero-order valence-electron chi connectivity index (χ0n) is 17.7. The molecule has 0 spiro atoms. The van der Waals surface area contributed by atoms with E-state index in [9.17, 15) is 14.4 Å². The molecule has 1 saturated heterocycles. The average molecular weight is 513 g/mol. The molecule has 3 aromatic carbocycles. The first-order valence-electron chi connectivity index (χ1n) is 10.2. The van der Waals surface area contributed by atoms with E-state index in [0.717, 1.165) is 22.2 Å². The molecule has 3 aromatic rings. The average Bonchev–Trinajstić information content (AvgIpc) is 3.06. The Morgan fingerprint density at radius 2 is 1.76 bits per heavy atom. The van der Waals surface area contributed by atoms with Crippen molar-refractivity contribution in [2.24, 2.45) is 0 Å². The van der Waals surface area contributed by atoms with Gasteiger partial charge in [-0.1, -0.05) is 65.7 Å². The number of benzene rings is 3. The van der Waals surface area contributed by atoms with Crippen molar-refractivity contribution in [2.45, 2.75) is 6.61 Å². The number of para-hydroxylation sites is 1. The van der Waals surface area contributed by atoms with Gasteiger partial charge in [-0.3, -0.25) is 19.3 Å². The second kappa shape index (κ2) is 10.8. The molecule has 172 valence electrons. The van der Waals surface area contributed by atoms with Crippen LogP contribution in [0.25, 0.3) is 6.08 Å². The van der Waals surface area contributed by atoms with E-state index in [4.69, 9.17) is 27.9 Å². The third-order valence-corrected chi connectivity index (χ3v) is 6.34. The lowest BCUT2D eigenvalue weighted by atomic mass is 10.1. The summed E-state index contributed by atoms with van der Waals surface area (Å²) in [5, 5.41) is 3.17. The molecule has 0 aromatic heterocycles. The fraction of sp³-hybridized carbons (Fsp3) is 0.0800. The maximum absolute atomic E-state index is 12.9. The van der Waals surface area contributed by atoms with Crippen LogP contribution in [-0.2, 0) is 16.2 Å². The summed E-state index contributed by atoms with van der Waals surface area (Å²) in [7, 11) is 0. The summed E-state index contributed by atoms with van der Waals surface area (Å²) in [6, 6.07) is 21.1. The predicted octanol–water partition coefficient (Wildman–Crippen LogP) is 6.25. The summed E-state index contributed by atoms with van der Waals surface area (Å²) in [6.07, 6.45) is 1.59. The highest BCUT2D eigenvalue weighted by atomic mass is 35.5. The summed E-state index contributed by atoms with van der Waals surface area (Å²) in [4.78, 5) is 38.8. The number of amides is 3. The number of carbonyl (C=O) groups is 3. The molecule has 34 heavy (non-hydrogen) atoms. The highest BCUT2D eigenvalue weighted by molar-refractivity contribution is 8.18. The van der Waals surface area contributed by atoms with E-state index in [0.29, 0.717) is 27.0 Å². The maximum atomic E-state index is 12.9. The molecule has 6 nitrogen and oxygen atoms in total. The van der Waals surface area contributed by atoms with E-state index in [-0.39, 0.29) is 11.5 Å². The van der Waals surface area contributed by atoms with Crippen molar-refractivity contribution < 1.29 is 19.1 Å². The molecule has 0 aliphatic carbocycles. The zero-order chi connectivity index (χ0) is 24.1. The first kappa shape index (κ1) is 23.9. The molecular weight excluding hydrogens is 495 g/mol. The third-order valence-electron chi connectivity index (χ3n) is 4.83. The van der Waals surface area contributed by atoms with E-state index >= 15 is 0 Å². The van der Waals surface area contributed by atoms with Gasteiger partial charge >= 0.3 is 0 Å². The number of nitrogens with zero attached hydrogens (tertiary/aromatic N) is 1. The van der Waals surface area contributed by atoms with Crippen LogP contribution in [-0.4, -0.2) is 28.5 Å². The topological polar surface area (TPSA) is 75.7 Å². The fourth-order valence-corrected chi connectivity index (χ4v) is 4.40. The summed E-state index contributed by atoms with van der Waals surface area (Å²) < 4.78 is 5.92. The van der Waals surface area contributed by atoms with Crippen molar-refractivity contribution in [3.63, 3.8) is 0 Å². The van der Waals surface area contributed by atoms with Crippen LogP contribution >= 0.6 is 35.0 Å². The number of ether oxygens (including phenoxy) is 1. The molecule has 1 N–H and O–H groups in total. The number of carbonyl (C=O) groups excluding carboxylic acids is 3. The maximum Gasteiger partial charge on any atom is 0.294 e. The number of nitrogens with one attached hydrogen (secondary N) is 1. The Kier molecular flexibility index (Phi) is 7.57. The number of hydrogen-bond donors (Lipinski definition) is 1. The van der Waals surface area contributed by atoms with Crippen molar-refractivity contribution in [1.29, 1.82) is 0 Å². The molecular formula is C25H18Cl2N2O4S. The fourth-order valence-electron chi connectivity index (χ4n) is 3.19. The van der Waals surface area contributed by atoms with Gasteiger partial charge in [0.05, 0.1) is 4.91 Å². The van der Waals surface area contributed by atoms with Crippen molar-refractivity contribution in [2.75, 3.05) is 11.9 Å². The number of imide groups is 1. The van der Waals surface area contributed by atoms with E-state index in [1.807, 2.05) is 24.3 Å². The van der Waals surface area contributed by atoms with Crippen molar-refractivity contribution >= 4 is 63.8 Å². The second-order valence-electron chi connectivity index (χ2n) is 7.24. The Balaban J connectivity index is 1.46. The minimum absolute atomic E-state index is 0.203. The number of thioether (sulfide) groups is 1. The molecule has 0 saturated carbocycles. The SMILES string of the molecule is O=C(CN1C(=O)S/C(=C/c2ccccc2OCc2ccccc2Cl)C1=O)Nc1cccc(Cl)c1. The van der Waals surface area contributed by atoms with Gasteiger partial charge in [0.25, 0.3) is 11.1 Å². The van der Waals surface area contributed by atoms with Gasteiger partial charge in [0, 0.05) is 26.9 Å². The Morgan fingerprint density at radius 3 is 2.56 bits per heavy atom. The second-order valence-corrected chi connectivity index (χ2v) is 9.08. The molecule has 0 bridgehead atoms. The Hall–Kier alpha value is -3.26. The van der Waals surface area contributed by atoms with E-state index in [1.54, 1.807) is 54.6 Å². The van der Waals surface area contributed by atoms with Crippen LogP contribution in [0.4, 0.5) is 10.5 Å². The summed E-state index contributed by atoms with van der Waals surface area (Å²) >= 11 is 12.9. The lowest BCUT2D eigenvalue weighted by Crippen LogP contribution is -2.36. The van der Waals surface area contributed by atoms with Crippen LogP contribution in [0.3, 0.4) is 0 Å². The van der Waals surface area contributed by atoms with Gasteiger partial charge in [-0.25, -0.2) is 0 Å². The number of anilines is 1. The largest absolute Gasteiger partial charge is 0.488 e. The normalized spacial score (nSPS) is 14.5. The van der Waals surface area contributed by atoms with Crippen LogP contribution in [0.1, 0.15) is 11.1 Å². The number of hydrogen-bond acceptors (Lipinski definition) is 5. The molecule has 1 aliphatic rings. The van der Waals surface area contributed by atoms with Crippen LogP contribution in [0.5, 0.6) is 5.75 Å². The van der Waals surface area contributed by atoms with Gasteiger partial charge in [-0.15, -0.1) is 0 Å². The summed E-state index contributed by atoms with van der Waals surface area (Å²) in [5.74, 6) is -0.514. The first-order valence-corrected chi connectivity index (χ1v) is 11.7. The predicted molar refractivity (Wildman–Crippen MR) is 135 cm³/mol. The van der Waals surface area contributed by atoms with Crippen molar-refractivity contribution in [1.82, 2.24) is 4.90 Å². The summed E-state index contributed by atoms with van der Waals surface area (Å²) in [6.45, 7) is -0.158. The summed E-state index contributed by atoms with van der Waals surface area (Å²) in [5.41, 5.74) is 1.93. The minimum Gasteiger partial charge on any atom is -0.488 e. The standard InChI is InChI=1S/C25H18Cl2N2O4S/c26-18-8-5-9-19(13-18)28-23(30)14-29-24(31)22(34-25(29)32)12-16-6-2-4-11-21(16)33-15-17-7-1-3-10-20(17)27/h1-13H,14-15H2,(H,28,30)/b22-12+. The van der Waals surface area contributed by atoms with E-state index in [2.05, 4.69) is 5.32 Å². The third kappa shape index (κ3) is 5.80. The lowest BCUT2D eigenvalue weighted by Gasteiger charge is -2.13. The highest BCUT2D eigenvalue weighted by Crippen LogP contribution is 2.34. The monoisotopic (exact) mass is 512 g/mol. The Bertz CT molecular complexity index is 1300. The molecule has 0 atom stereocenters. The molecule has 1 fully saturated rings. The molecule has 3 amide bonds. The first-order chi connectivity index (χ1) is 16.4. The van der Waals surface area contributed by atoms with Gasteiger partial charge in [0.15, 0.2) is 0 Å². The minimum atomic E-state index is -0.544. The zero-order valence-corrected chi connectivity index (χ0v) is 20.0. The number of rotatable bonds is 7. The Morgan fingerprint density at radius 1 is 1.00 bits per heavy atom. The van der Waals surface area contributed by atoms with Crippen LogP contribution in [0.2, 0.25) is 10.0 Å². The van der Waals surface area contributed by atoms with Gasteiger partial charge in [-0.05, 0) is 48.2 Å². The highest BCUT2D eigenvalue weighted by Gasteiger charge is 2.36. The van der Waals surface area contributed by atoms with Crippen molar-refractivity contribution in [3.8, 4) is 5.75 Å². The molecule has 4 rings (SSSR count). The molecule has 0 unspecified atom stereocenters. The molecule has 0 radical (unpaired) electrons. The van der Waals surface area contributed by atoms with Crippen LogP contribution < -0.4 is 10.1 Å². The van der Waals surface area contributed by atoms with E-state index in [1.165, 1.54) is 0 Å². The van der Waals surface area contributed by atoms with Gasteiger partial charge in [-0.2, -0.15) is 0 Å². The molecule has 1 aliphatic heterocycles. The molecule has 9 heteroatoms. The van der Waals surface area contributed by atoms with Gasteiger partial charge < -0.3 is 10.1 Å². The smallest absolute Gasteiger partial charge is 0.294 e. The van der Waals surface area contributed by atoms with E-state index < -0.39 is 23.6 Å². The van der Waals surface area contributed by atoms with Crippen LogP contribution in [0, 0.1) is 0 Å². The van der Waals surface area contributed by atoms with Gasteiger partial charge in [0.1, 0.15) is 18.9 Å². The van der Waals surface area contributed by atoms with Crippen molar-refractivity contribution in [3.05, 3.63) is 98.9 Å².